The van der Waals surface area contributed by atoms with E-state index in [-0.39, 0.29) is 24.4 Å². The molecule has 1 amide bonds. The second-order valence-electron chi connectivity index (χ2n) is 3.83. The van der Waals surface area contributed by atoms with Gasteiger partial charge < -0.3 is 11.1 Å². The van der Waals surface area contributed by atoms with Crippen LogP contribution in [0.25, 0.3) is 0 Å². The monoisotopic (exact) mass is 264 g/mol. The molecule has 1 aromatic rings. The van der Waals surface area contributed by atoms with Crippen molar-refractivity contribution in [2.45, 2.75) is 26.3 Å². The maximum absolute atomic E-state index is 11.6. The second kappa shape index (κ2) is 7.54. The molecule has 0 saturated heterocycles. The lowest BCUT2D eigenvalue weighted by molar-refractivity contribution is 0.0929. The van der Waals surface area contributed by atoms with E-state index in [1.807, 2.05) is 0 Å². The molecule has 0 radical (unpaired) electrons. The molecule has 1 unspecified atom stereocenters. The van der Waals surface area contributed by atoms with Gasteiger partial charge in [0.1, 0.15) is 0 Å². The summed E-state index contributed by atoms with van der Waals surface area (Å²) < 4.78 is 7.64. The van der Waals surface area contributed by atoms with Gasteiger partial charge in [-0.05, 0) is 12.3 Å². The Morgan fingerprint density at radius 1 is 1.62 bits per heavy atom. The summed E-state index contributed by atoms with van der Waals surface area (Å²) in [5.74, 6) is 0.312. The van der Waals surface area contributed by atoms with Crippen molar-refractivity contribution in [3.05, 3.63) is 11.9 Å². The van der Waals surface area contributed by atoms with E-state index in [1.54, 1.807) is 0 Å². The van der Waals surface area contributed by atoms with Gasteiger partial charge >= 0.3 is 0 Å². The predicted molar refractivity (Wildman–Crippen MR) is 66.9 cm³/mol. The number of halogens is 1. The van der Waals surface area contributed by atoms with E-state index >= 15 is 0 Å². The van der Waals surface area contributed by atoms with Crippen molar-refractivity contribution in [2.75, 3.05) is 6.54 Å². The number of hydrogen-bond donors (Lipinski definition) is 2. The van der Waals surface area contributed by atoms with Gasteiger partial charge in [0, 0.05) is 12.6 Å². The van der Waals surface area contributed by atoms with Gasteiger partial charge in [0.15, 0.2) is 5.69 Å². The molecule has 0 bridgehead atoms. The van der Waals surface area contributed by atoms with Gasteiger partial charge in [-0.2, -0.15) is 8.75 Å². The van der Waals surface area contributed by atoms with E-state index in [2.05, 4.69) is 27.9 Å². The van der Waals surface area contributed by atoms with Gasteiger partial charge in [0.25, 0.3) is 5.91 Å². The quantitative estimate of drug-likeness (QED) is 0.833. The molecule has 0 saturated carbocycles. The average Bonchev–Trinajstić information content (AvgIpc) is 2.68. The van der Waals surface area contributed by atoms with Crippen molar-refractivity contribution in [3.8, 4) is 0 Å². The zero-order valence-electron chi connectivity index (χ0n) is 9.34. The normalized spacial score (nSPS) is 12.0. The van der Waals surface area contributed by atoms with Gasteiger partial charge in [-0.3, -0.25) is 4.79 Å². The van der Waals surface area contributed by atoms with E-state index < -0.39 is 0 Å². The molecule has 0 spiro atoms. The van der Waals surface area contributed by atoms with E-state index in [0.717, 1.165) is 18.1 Å². The van der Waals surface area contributed by atoms with Gasteiger partial charge in [-0.1, -0.05) is 13.8 Å². The maximum atomic E-state index is 11.6. The smallest absolute Gasteiger partial charge is 0.272 e. The molecule has 1 rings (SSSR count). The highest BCUT2D eigenvalue weighted by Crippen LogP contribution is 2.04. The van der Waals surface area contributed by atoms with Crippen LogP contribution in [0.3, 0.4) is 0 Å². The number of nitrogens with one attached hydrogen (secondary N) is 1. The molecule has 1 heterocycles. The van der Waals surface area contributed by atoms with Crippen LogP contribution >= 0.6 is 24.1 Å². The van der Waals surface area contributed by atoms with Gasteiger partial charge in [-0.25, -0.2) is 0 Å². The van der Waals surface area contributed by atoms with Crippen molar-refractivity contribution in [3.63, 3.8) is 0 Å². The van der Waals surface area contributed by atoms with E-state index in [4.69, 9.17) is 5.73 Å². The summed E-state index contributed by atoms with van der Waals surface area (Å²) in [5.41, 5.74) is 5.94. The number of amides is 1. The Hall–Kier alpha value is -0.720. The van der Waals surface area contributed by atoms with Crippen molar-refractivity contribution >= 4 is 30.0 Å². The lowest BCUT2D eigenvalue weighted by atomic mass is 10.0. The Morgan fingerprint density at radius 3 is 2.75 bits per heavy atom. The van der Waals surface area contributed by atoms with E-state index in [9.17, 15) is 4.79 Å². The Labute approximate surface area is 106 Å². The fraction of sp³-hybridized carbons (Fsp3) is 0.667. The van der Waals surface area contributed by atoms with Gasteiger partial charge in [0.05, 0.1) is 17.9 Å². The third kappa shape index (κ3) is 4.87. The number of rotatable bonds is 5. The number of carbonyl (C=O) groups is 1. The lowest BCUT2D eigenvalue weighted by Crippen LogP contribution is -2.41. The van der Waals surface area contributed by atoms with E-state index in [1.165, 1.54) is 6.20 Å². The van der Waals surface area contributed by atoms with Crippen LogP contribution in [-0.2, 0) is 0 Å². The molecule has 1 atom stereocenters. The van der Waals surface area contributed by atoms with Crippen molar-refractivity contribution < 1.29 is 4.79 Å². The summed E-state index contributed by atoms with van der Waals surface area (Å²) >= 11 is 1.02. The van der Waals surface area contributed by atoms with Crippen molar-refractivity contribution in [1.82, 2.24) is 14.1 Å². The van der Waals surface area contributed by atoms with Gasteiger partial charge in [-0.15, -0.1) is 12.4 Å². The summed E-state index contributed by atoms with van der Waals surface area (Å²) in [6.45, 7) is 4.64. The Balaban J connectivity index is 0.00000225. The highest BCUT2D eigenvalue weighted by atomic mass is 35.5. The fourth-order valence-electron chi connectivity index (χ4n) is 1.31. The SMILES string of the molecule is CC(C)CC(CN)NC(=O)c1cnsn1.Cl. The summed E-state index contributed by atoms with van der Waals surface area (Å²) in [5, 5.41) is 2.84. The zero-order chi connectivity index (χ0) is 11.3. The number of aromatic nitrogens is 2. The van der Waals surface area contributed by atoms with E-state index in [0.29, 0.717) is 18.2 Å². The van der Waals surface area contributed by atoms with Crippen molar-refractivity contribution in [2.24, 2.45) is 11.7 Å². The minimum absolute atomic E-state index is 0. The molecule has 92 valence electrons. The number of carbonyl (C=O) groups excluding carboxylic acids is 1. The summed E-state index contributed by atoms with van der Waals surface area (Å²) in [4.78, 5) is 11.6. The highest BCUT2D eigenvalue weighted by Gasteiger charge is 2.15. The molecule has 0 aliphatic heterocycles. The van der Waals surface area contributed by atoms with Gasteiger partial charge in [0.2, 0.25) is 0 Å². The van der Waals surface area contributed by atoms with Crippen LogP contribution in [0, 0.1) is 5.92 Å². The first-order valence-corrected chi connectivity index (χ1v) is 5.65. The Kier molecular flexibility index (Phi) is 7.20. The van der Waals surface area contributed by atoms with Crippen LogP contribution in [-0.4, -0.2) is 27.2 Å². The first kappa shape index (κ1) is 15.3. The molecule has 16 heavy (non-hydrogen) atoms. The molecule has 5 nitrogen and oxygen atoms in total. The molecular formula is C9H17ClN4OS. The summed E-state index contributed by atoms with van der Waals surface area (Å²) in [6.07, 6.45) is 2.34. The number of nitrogens with zero attached hydrogens (tertiary/aromatic N) is 2. The maximum Gasteiger partial charge on any atom is 0.272 e. The Morgan fingerprint density at radius 2 is 2.31 bits per heavy atom. The van der Waals surface area contributed by atoms with Crippen LogP contribution in [0.5, 0.6) is 0 Å². The molecule has 1 aromatic heterocycles. The van der Waals surface area contributed by atoms with Crippen LogP contribution in [0.2, 0.25) is 0 Å². The average molecular weight is 265 g/mol. The third-order valence-electron chi connectivity index (χ3n) is 1.97. The molecule has 0 aliphatic rings. The van der Waals surface area contributed by atoms with Crippen LogP contribution in [0.1, 0.15) is 30.8 Å². The largest absolute Gasteiger partial charge is 0.347 e. The fourth-order valence-corrected chi connectivity index (χ4v) is 1.72. The van der Waals surface area contributed by atoms with Crippen LogP contribution in [0.15, 0.2) is 6.20 Å². The molecule has 0 aliphatic carbocycles. The highest BCUT2D eigenvalue weighted by molar-refractivity contribution is 6.99. The lowest BCUT2D eigenvalue weighted by Gasteiger charge is -2.17. The Bertz CT molecular complexity index is 304. The predicted octanol–water partition coefficient (Wildman–Crippen LogP) is 1.06. The minimum Gasteiger partial charge on any atom is -0.347 e. The molecule has 7 heteroatoms. The first-order valence-electron chi connectivity index (χ1n) is 4.92. The molecule has 0 aromatic carbocycles. The molecule has 3 N–H and O–H groups in total. The second-order valence-corrected chi connectivity index (χ2v) is 4.39. The van der Waals surface area contributed by atoms with Crippen molar-refractivity contribution in [1.29, 1.82) is 0 Å². The topological polar surface area (TPSA) is 80.9 Å². The molecular weight excluding hydrogens is 248 g/mol. The third-order valence-corrected chi connectivity index (χ3v) is 2.45. The molecule has 0 fully saturated rings. The van der Waals surface area contributed by atoms with Crippen LogP contribution in [0.4, 0.5) is 0 Å². The summed E-state index contributed by atoms with van der Waals surface area (Å²) in [7, 11) is 0. The number of hydrogen-bond acceptors (Lipinski definition) is 5. The zero-order valence-corrected chi connectivity index (χ0v) is 11.0. The summed E-state index contributed by atoms with van der Waals surface area (Å²) in [6, 6.07) is 0.0131. The standard InChI is InChI=1S/C9H16N4OS.ClH/c1-6(2)3-7(4-10)12-9(14)8-5-11-15-13-8;/h5-7H,3-4,10H2,1-2H3,(H,12,14);1H. The minimum atomic E-state index is -0.195. The number of nitrogens with two attached hydrogens (primary N) is 1. The first-order chi connectivity index (χ1) is 7.13. The van der Waals surface area contributed by atoms with Crippen LogP contribution < -0.4 is 11.1 Å².